The SMILES string of the molecule is Cc1cc(C)c(-c2c(N)sc3c2CCC3)c(C)c1. The molecule has 1 aromatic heterocycles. The fourth-order valence-corrected chi connectivity index (χ4v) is 4.44. The molecule has 2 aromatic rings. The number of benzene rings is 1. The number of anilines is 1. The highest BCUT2D eigenvalue weighted by molar-refractivity contribution is 7.16. The summed E-state index contributed by atoms with van der Waals surface area (Å²) in [4.78, 5) is 1.52. The second-order valence-electron chi connectivity index (χ2n) is 5.37. The molecule has 0 atom stereocenters. The molecule has 1 heterocycles. The summed E-state index contributed by atoms with van der Waals surface area (Å²) in [6, 6.07) is 4.53. The van der Waals surface area contributed by atoms with Gasteiger partial charge in [0.2, 0.25) is 0 Å². The van der Waals surface area contributed by atoms with Gasteiger partial charge in [0.1, 0.15) is 0 Å². The van der Waals surface area contributed by atoms with Crippen molar-refractivity contribution in [2.24, 2.45) is 0 Å². The number of aryl methyl sites for hydroxylation is 4. The zero-order valence-electron chi connectivity index (χ0n) is 11.3. The molecule has 1 nitrogen and oxygen atoms in total. The normalized spacial score (nSPS) is 13.9. The van der Waals surface area contributed by atoms with Crippen LogP contribution in [-0.4, -0.2) is 0 Å². The summed E-state index contributed by atoms with van der Waals surface area (Å²) in [5.41, 5.74) is 14.5. The van der Waals surface area contributed by atoms with E-state index in [9.17, 15) is 0 Å². The van der Waals surface area contributed by atoms with Crippen molar-refractivity contribution >= 4 is 16.3 Å². The number of hydrogen-bond donors (Lipinski definition) is 1. The molecule has 2 heteroatoms. The Morgan fingerprint density at radius 2 is 1.67 bits per heavy atom. The molecule has 0 bridgehead atoms. The van der Waals surface area contributed by atoms with Crippen LogP contribution in [-0.2, 0) is 12.8 Å². The Bertz CT molecular complexity index is 599. The largest absolute Gasteiger partial charge is 0.390 e. The molecular formula is C16H19NS. The van der Waals surface area contributed by atoms with Gasteiger partial charge in [-0.05, 0) is 62.3 Å². The van der Waals surface area contributed by atoms with Crippen molar-refractivity contribution in [3.8, 4) is 11.1 Å². The first-order chi connectivity index (χ1) is 8.58. The Balaban J connectivity index is 2.28. The molecule has 0 saturated carbocycles. The van der Waals surface area contributed by atoms with E-state index >= 15 is 0 Å². The smallest absolute Gasteiger partial charge is 0.0942 e. The third-order valence-electron chi connectivity index (χ3n) is 3.88. The van der Waals surface area contributed by atoms with Crippen LogP contribution >= 0.6 is 11.3 Å². The monoisotopic (exact) mass is 257 g/mol. The first kappa shape index (κ1) is 11.8. The fourth-order valence-electron chi connectivity index (χ4n) is 3.27. The average molecular weight is 257 g/mol. The molecule has 1 aliphatic carbocycles. The Morgan fingerprint density at radius 3 is 2.33 bits per heavy atom. The first-order valence-electron chi connectivity index (χ1n) is 6.56. The molecule has 0 aliphatic heterocycles. The van der Waals surface area contributed by atoms with Crippen molar-refractivity contribution in [3.63, 3.8) is 0 Å². The maximum Gasteiger partial charge on any atom is 0.0942 e. The van der Waals surface area contributed by atoms with Gasteiger partial charge in [-0.1, -0.05) is 17.7 Å². The van der Waals surface area contributed by atoms with Crippen molar-refractivity contribution in [1.29, 1.82) is 0 Å². The van der Waals surface area contributed by atoms with Crippen molar-refractivity contribution < 1.29 is 0 Å². The van der Waals surface area contributed by atoms with Gasteiger partial charge >= 0.3 is 0 Å². The van der Waals surface area contributed by atoms with Gasteiger partial charge in [-0.15, -0.1) is 11.3 Å². The van der Waals surface area contributed by atoms with Crippen LogP contribution in [0, 0.1) is 20.8 Å². The molecular weight excluding hydrogens is 238 g/mol. The van der Waals surface area contributed by atoms with E-state index in [1.165, 1.54) is 57.5 Å². The molecule has 0 spiro atoms. The topological polar surface area (TPSA) is 26.0 Å². The second-order valence-corrected chi connectivity index (χ2v) is 6.51. The number of nitrogen functional groups attached to an aromatic ring is 1. The van der Waals surface area contributed by atoms with E-state index in [-0.39, 0.29) is 0 Å². The predicted octanol–water partition coefficient (Wildman–Crippen LogP) is 4.41. The average Bonchev–Trinajstić information content (AvgIpc) is 2.80. The van der Waals surface area contributed by atoms with Crippen molar-refractivity contribution in [2.75, 3.05) is 5.73 Å². The Kier molecular flexibility index (Phi) is 2.70. The third-order valence-corrected chi connectivity index (χ3v) is 5.00. The lowest BCUT2D eigenvalue weighted by Gasteiger charge is -2.13. The Labute approximate surface area is 113 Å². The zero-order chi connectivity index (χ0) is 12.9. The van der Waals surface area contributed by atoms with Gasteiger partial charge < -0.3 is 5.73 Å². The molecule has 0 fully saturated rings. The molecule has 18 heavy (non-hydrogen) atoms. The number of rotatable bonds is 1. The maximum atomic E-state index is 6.28. The molecule has 1 aliphatic rings. The standard InChI is InChI=1S/C16H19NS/c1-9-7-10(2)14(11(3)8-9)15-12-5-4-6-13(12)18-16(15)17/h7-8H,4-6,17H2,1-3H3. The van der Waals surface area contributed by atoms with Crippen molar-refractivity contribution in [2.45, 2.75) is 40.0 Å². The molecule has 2 N–H and O–H groups in total. The number of hydrogen-bond acceptors (Lipinski definition) is 2. The van der Waals surface area contributed by atoms with Crippen LogP contribution in [0.2, 0.25) is 0 Å². The Morgan fingerprint density at radius 1 is 1.00 bits per heavy atom. The summed E-state index contributed by atoms with van der Waals surface area (Å²) in [7, 11) is 0. The molecule has 94 valence electrons. The highest BCUT2D eigenvalue weighted by atomic mass is 32.1. The molecule has 0 unspecified atom stereocenters. The maximum absolute atomic E-state index is 6.28. The van der Waals surface area contributed by atoms with Crippen LogP contribution in [0.15, 0.2) is 12.1 Å². The first-order valence-corrected chi connectivity index (χ1v) is 7.38. The Hall–Kier alpha value is -1.28. The summed E-state index contributed by atoms with van der Waals surface area (Å²) in [5, 5.41) is 1.01. The highest BCUT2D eigenvalue weighted by Crippen LogP contribution is 2.45. The third kappa shape index (κ3) is 1.67. The van der Waals surface area contributed by atoms with Crippen LogP contribution in [0.1, 0.15) is 33.6 Å². The fraction of sp³-hybridized carbons (Fsp3) is 0.375. The van der Waals surface area contributed by atoms with Crippen LogP contribution in [0.4, 0.5) is 5.00 Å². The van der Waals surface area contributed by atoms with Gasteiger partial charge in [-0.3, -0.25) is 0 Å². The lowest BCUT2D eigenvalue weighted by Crippen LogP contribution is -1.94. The minimum atomic E-state index is 1.01. The van der Waals surface area contributed by atoms with Gasteiger partial charge in [-0.25, -0.2) is 0 Å². The minimum absolute atomic E-state index is 1.01. The van der Waals surface area contributed by atoms with Gasteiger partial charge in [-0.2, -0.15) is 0 Å². The molecule has 0 amide bonds. The zero-order valence-corrected chi connectivity index (χ0v) is 12.1. The quantitative estimate of drug-likeness (QED) is 0.804. The molecule has 0 radical (unpaired) electrons. The summed E-state index contributed by atoms with van der Waals surface area (Å²) < 4.78 is 0. The van der Waals surface area contributed by atoms with Gasteiger partial charge in [0, 0.05) is 10.4 Å². The van der Waals surface area contributed by atoms with Crippen LogP contribution in [0.25, 0.3) is 11.1 Å². The van der Waals surface area contributed by atoms with Crippen LogP contribution < -0.4 is 5.73 Å². The number of thiophene rings is 1. The van der Waals surface area contributed by atoms with E-state index < -0.39 is 0 Å². The summed E-state index contributed by atoms with van der Waals surface area (Å²) in [5.74, 6) is 0. The summed E-state index contributed by atoms with van der Waals surface area (Å²) >= 11 is 1.80. The van der Waals surface area contributed by atoms with Crippen LogP contribution in [0.5, 0.6) is 0 Å². The predicted molar refractivity (Wildman–Crippen MR) is 80.4 cm³/mol. The second kappa shape index (κ2) is 4.13. The molecule has 1 aromatic carbocycles. The van der Waals surface area contributed by atoms with Gasteiger partial charge in [0.25, 0.3) is 0 Å². The van der Waals surface area contributed by atoms with E-state index in [0.29, 0.717) is 0 Å². The van der Waals surface area contributed by atoms with E-state index in [2.05, 4.69) is 32.9 Å². The van der Waals surface area contributed by atoms with Gasteiger partial charge in [0.15, 0.2) is 0 Å². The van der Waals surface area contributed by atoms with E-state index in [1.54, 1.807) is 11.3 Å². The lowest BCUT2D eigenvalue weighted by molar-refractivity contribution is 0.915. The van der Waals surface area contributed by atoms with E-state index in [4.69, 9.17) is 5.73 Å². The van der Waals surface area contributed by atoms with Gasteiger partial charge in [0.05, 0.1) is 5.00 Å². The van der Waals surface area contributed by atoms with Crippen molar-refractivity contribution in [1.82, 2.24) is 0 Å². The lowest BCUT2D eigenvalue weighted by atomic mass is 9.92. The minimum Gasteiger partial charge on any atom is -0.390 e. The van der Waals surface area contributed by atoms with E-state index in [1.807, 2.05) is 0 Å². The summed E-state index contributed by atoms with van der Waals surface area (Å²) in [6.45, 7) is 6.56. The van der Waals surface area contributed by atoms with Crippen LogP contribution in [0.3, 0.4) is 0 Å². The summed E-state index contributed by atoms with van der Waals surface area (Å²) in [6.07, 6.45) is 3.71. The molecule has 0 saturated heterocycles. The number of fused-ring (bicyclic) bond motifs is 1. The highest BCUT2D eigenvalue weighted by Gasteiger charge is 2.23. The molecule has 3 rings (SSSR count). The van der Waals surface area contributed by atoms with Crippen molar-refractivity contribution in [3.05, 3.63) is 39.3 Å². The van der Waals surface area contributed by atoms with E-state index in [0.717, 1.165) is 5.00 Å². The number of nitrogens with two attached hydrogens (primary N) is 1.